The maximum Gasteiger partial charge on any atom is 0.234 e. The lowest BCUT2D eigenvalue weighted by molar-refractivity contribution is -0.120. The normalized spacial score (nSPS) is 10.8. The van der Waals surface area contributed by atoms with E-state index in [0.717, 1.165) is 5.69 Å². The van der Waals surface area contributed by atoms with Crippen molar-refractivity contribution in [2.24, 2.45) is 7.05 Å². The van der Waals surface area contributed by atoms with E-state index in [9.17, 15) is 4.79 Å². The van der Waals surface area contributed by atoms with Crippen LogP contribution >= 0.6 is 0 Å². The summed E-state index contributed by atoms with van der Waals surface area (Å²) in [7, 11) is 2.00. The summed E-state index contributed by atoms with van der Waals surface area (Å²) in [5.41, 5.74) is 2.32. The van der Waals surface area contributed by atoms with Gasteiger partial charge < -0.3 is 15.2 Å². The first-order valence-corrected chi connectivity index (χ1v) is 5.62. The molecule has 1 heterocycles. The number of aryl methyl sites for hydroxylation is 1. The molecule has 4 heteroatoms. The van der Waals surface area contributed by atoms with Gasteiger partial charge in [-0.25, -0.2) is 0 Å². The van der Waals surface area contributed by atoms with E-state index in [-0.39, 0.29) is 5.91 Å². The zero-order valence-corrected chi connectivity index (χ0v) is 10.5. The van der Waals surface area contributed by atoms with E-state index in [1.807, 2.05) is 40.0 Å². The molecular weight excluding hydrogens is 202 g/mol. The summed E-state index contributed by atoms with van der Waals surface area (Å²) in [6.45, 7) is 7.05. The van der Waals surface area contributed by atoms with Gasteiger partial charge in [-0.1, -0.05) is 13.8 Å². The third-order valence-corrected chi connectivity index (χ3v) is 2.61. The Morgan fingerprint density at radius 3 is 2.62 bits per heavy atom. The molecule has 0 atom stereocenters. The highest BCUT2D eigenvalue weighted by molar-refractivity contribution is 5.77. The van der Waals surface area contributed by atoms with E-state index in [1.54, 1.807) is 0 Å². The number of carbonyl (C=O) groups is 1. The lowest BCUT2D eigenvalue weighted by atomic mass is 10.4. The average molecular weight is 223 g/mol. The summed E-state index contributed by atoms with van der Waals surface area (Å²) < 4.78 is 2.08. The predicted octanol–water partition coefficient (Wildman–Crippen LogP) is 0.948. The summed E-state index contributed by atoms with van der Waals surface area (Å²) in [5.74, 6) is 0.0348. The number of rotatable bonds is 5. The highest BCUT2D eigenvalue weighted by Gasteiger charge is 2.04. The van der Waals surface area contributed by atoms with Crippen LogP contribution in [0.25, 0.3) is 0 Å². The lowest BCUT2D eigenvalue weighted by Crippen LogP contribution is -2.36. The van der Waals surface area contributed by atoms with E-state index in [0.29, 0.717) is 19.1 Å². The first-order chi connectivity index (χ1) is 7.50. The molecule has 0 saturated carbocycles. The van der Waals surface area contributed by atoms with Crippen LogP contribution in [0.5, 0.6) is 0 Å². The Hall–Kier alpha value is -1.29. The summed E-state index contributed by atoms with van der Waals surface area (Å²) in [6, 6.07) is 4.42. The molecule has 90 valence electrons. The number of hydrogen-bond acceptors (Lipinski definition) is 2. The second-order valence-electron chi connectivity index (χ2n) is 4.34. The van der Waals surface area contributed by atoms with Gasteiger partial charge in [-0.3, -0.25) is 4.79 Å². The summed E-state index contributed by atoms with van der Waals surface area (Å²) in [6.07, 6.45) is 0. The van der Waals surface area contributed by atoms with Crippen molar-refractivity contribution in [2.45, 2.75) is 33.4 Å². The van der Waals surface area contributed by atoms with Gasteiger partial charge in [-0.05, 0) is 19.1 Å². The molecule has 16 heavy (non-hydrogen) atoms. The van der Waals surface area contributed by atoms with Crippen LogP contribution in [-0.4, -0.2) is 23.1 Å². The van der Waals surface area contributed by atoms with E-state index in [1.165, 1.54) is 5.69 Å². The smallest absolute Gasteiger partial charge is 0.234 e. The Labute approximate surface area is 97.0 Å². The Morgan fingerprint density at radius 2 is 2.12 bits per heavy atom. The molecular formula is C12H21N3O. The average Bonchev–Trinajstić information content (AvgIpc) is 2.54. The fourth-order valence-electron chi connectivity index (χ4n) is 1.39. The molecule has 0 bridgehead atoms. The van der Waals surface area contributed by atoms with Crippen molar-refractivity contribution in [1.29, 1.82) is 0 Å². The number of nitrogens with zero attached hydrogens (tertiary/aromatic N) is 1. The van der Waals surface area contributed by atoms with E-state index >= 15 is 0 Å². The molecule has 4 nitrogen and oxygen atoms in total. The van der Waals surface area contributed by atoms with E-state index < -0.39 is 0 Å². The third kappa shape index (κ3) is 3.70. The van der Waals surface area contributed by atoms with Crippen molar-refractivity contribution in [1.82, 2.24) is 15.2 Å². The quantitative estimate of drug-likeness (QED) is 0.780. The molecule has 0 fully saturated rings. The fraction of sp³-hybridized carbons (Fsp3) is 0.583. The van der Waals surface area contributed by atoms with Crippen molar-refractivity contribution >= 4 is 5.91 Å². The Balaban J connectivity index is 2.34. The minimum absolute atomic E-state index is 0.0348. The largest absolute Gasteiger partial charge is 0.350 e. The van der Waals surface area contributed by atoms with Crippen molar-refractivity contribution in [2.75, 3.05) is 6.54 Å². The zero-order chi connectivity index (χ0) is 12.1. The minimum Gasteiger partial charge on any atom is -0.350 e. The molecule has 0 unspecified atom stereocenters. The van der Waals surface area contributed by atoms with Crippen LogP contribution < -0.4 is 10.6 Å². The number of hydrogen-bond donors (Lipinski definition) is 2. The van der Waals surface area contributed by atoms with Gasteiger partial charge in [0.15, 0.2) is 0 Å². The summed E-state index contributed by atoms with van der Waals surface area (Å²) in [4.78, 5) is 11.5. The molecule has 1 aromatic heterocycles. The van der Waals surface area contributed by atoms with Gasteiger partial charge in [0.1, 0.15) is 0 Å². The van der Waals surface area contributed by atoms with Crippen LogP contribution in [0.1, 0.15) is 25.2 Å². The van der Waals surface area contributed by atoms with Crippen LogP contribution in [0.3, 0.4) is 0 Å². The zero-order valence-electron chi connectivity index (χ0n) is 10.5. The van der Waals surface area contributed by atoms with Crippen LogP contribution in [-0.2, 0) is 18.4 Å². The number of nitrogens with one attached hydrogen (secondary N) is 2. The summed E-state index contributed by atoms with van der Waals surface area (Å²) in [5, 5.41) is 5.97. The first kappa shape index (κ1) is 12.8. The van der Waals surface area contributed by atoms with E-state index in [4.69, 9.17) is 0 Å². The maximum atomic E-state index is 11.5. The monoisotopic (exact) mass is 223 g/mol. The third-order valence-electron chi connectivity index (χ3n) is 2.61. The molecule has 2 N–H and O–H groups in total. The molecule has 0 saturated heterocycles. The molecule has 0 spiro atoms. The van der Waals surface area contributed by atoms with Gasteiger partial charge in [0.2, 0.25) is 5.91 Å². The first-order valence-electron chi connectivity index (χ1n) is 5.62. The number of amides is 1. The molecule has 1 aromatic rings. The van der Waals surface area contributed by atoms with Crippen LogP contribution in [0.2, 0.25) is 0 Å². The van der Waals surface area contributed by atoms with Crippen LogP contribution in [0.4, 0.5) is 0 Å². The van der Waals surface area contributed by atoms with Gasteiger partial charge in [0.05, 0.1) is 13.1 Å². The predicted molar refractivity (Wildman–Crippen MR) is 65.1 cm³/mol. The van der Waals surface area contributed by atoms with Gasteiger partial charge in [-0.2, -0.15) is 0 Å². The van der Waals surface area contributed by atoms with E-state index in [2.05, 4.69) is 15.2 Å². The SMILES string of the molecule is Cc1ccc(CNC(=O)CNC(C)C)n1C. The second-order valence-corrected chi connectivity index (χ2v) is 4.34. The van der Waals surface area contributed by atoms with Gasteiger partial charge in [0.25, 0.3) is 0 Å². The number of carbonyl (C=O) groups excluding carboxylic acids is 1. The number of aromatic nitrogens is 1. The van der Waals surface area contributed by atoms with Crippen molar-refractivity contribution in [3.8, 4) is 0 Å². The molecule has 1 amide bonds. The Kier molecular flexibility index (Phi) is 4.55. The highest BCUT2D eigenvalue weighted by atomic mass is 16.1. The molecule has 0 aliphatic rings. The fourth-order valence-corrected chi connectivity index (χ4v) is 1.39. The molecule has 0 radical (unpaired) electrons. The van der Waals surface area contributed by atoms with Gasteiger partial charge in [0, 0.05) is 24.5 Å². The Bertz CT molecular complexity index is 355. The maximum absolute atomic E-state index is 11.5. The minimum atomic E-state index is 0.0348. The van der Waals surface area contributed by atoms with Crippen molar-refractivity contribution < 1.29 is 4.79 Å². The molecule has 0 aromatic carbocycles. The van der Waals surface area contributed by atoms with Crippen LogP contribution in [0.15, 0.2) is 12.1 Å². The van der Waals surface area contributed by atoms with Crippen LogP contribution in [0, 0.1) is 6.92 Å². The van der Waals surface area contributed by atoms with Gasteiger partial charge >= 0.3 is 0 Å². The standard InChI is InChI=1S/C12H21N3O/c1-9(2)13-8-12(16)14-7-11-6-5-10(3)15(11)4/h5-6,9,13H,7-8H2,1-4H3,(H,14,16). The Morgan fingerprint density at radius 1 is 1.44 bits per heavy atom. The summed E-state index contributed by atoms with van der Waals surface area (Å²) >= 11 is 0. The molecule has 0 aliphatic heterocycles. The molecule has 0 aliphatic carbocycles. The van der Waals surface area contributed by atoms with Crippen molar-refractivity contribution in [3.63, 3.8) is 0 Å². The second kappa shape index (κ2) is 5.70. The topological polar surface area (TPSA) is 46.1 Å². The van der Waals surface area contributed by atoms with Gasteiger partial charge in [-0.15, -0.1) is 0 Å². The van der Waals surface area contributed by atoms with Crippen molar-refractivity contribution in [3.05, 3.63) is 23.5 Å². The molecule has 1 rings (SSSR count). The lowest BCUT2D eigenvalue weighted by Gasteiger charge is -2.09. The highest BCUT2D eigenvalue weighted by Crippen LogP contribution is 2.04.